The van der Waals surface area contributed by atoms with Crippen LogP contribution in [0.25, 0.3) is 16.7 Å². The fourth-order valence-corrected chi connectivity index (χ4v) is 3.30. The molecule has 29 heavy (non-hydrogen) atoms. The Hall–Kier alpha value is -3.65. The van der Waals surface area contributed by atoms with E-state index in [1.54, 1.807) is 13.4 Å². The summed E-state index contributed by atoms with van der Waals surface area (Å²) in [5.41, 5.74) is 6.01. The molecule has 8 nitrogen and oxygen atoms in total. The van der Waals surface area contributed by atoms with E-state index in [2.05, 4.69) is 15.4 Å². The Bertz CT molecular complexity index is 1180. The van der Waals surface area contributed by atoms with Gasteiger partial charge in [-0.15, -0.1) is 0 Å². The Morgan fingerprint density at radius 1 is 1.21 bits per heavy atom. The quantitative estimate of drug-likeness (QED) is 0.576. The molecule has 5 rings (SSSR count). The van der Waals surface area contributed by atoms with E-state index in [9.17, 15) is 0 Å². The molecule has 1 atom stereocenters. The van der Waals surface area contributed by atoms with E-state index in [0.717, 1.165) is 28.1 Å². The van der Waals surface area contributed by atoms with E-state index in [1.165, 1.54) is 0 Å². The monoisotopic (exact) mass is 389 g/mol. The molecule has 0 saturated heterocycles. The van der Waals surface area contributed by atoms with Crippen LogP contribution in [-0.4, -0.2) is 34.1 Å². The minimum atomic E-state index is -0.262. The Morgan fingerprint density at radius 3 is 2.90 bits per heavy atom. The van der Waals surface area contributed by atoms with Crippen LogP contribution in [0.2, 0.25) is 0 Å². The molecule has 4 heterocycles. The first kappa shape index (κ1) is 17.4. The molecule has 146 valence electrons. The summed E-state index contributed by atoms with van der Waals surface area (Å²) in [5, 5.41) is 1.04. The maximum Gasteiger partial charge on any atom is 0.238 e. The van der Waals surface area contributed by atoms with Crippen LogP contribution in [0, 0.1) is 6.92 Å². The summed E-state index contributed by atoms with van der Waals surface area (Å²) in [7, 11) is 1.59. The summed E-state index contributed by atoms with van der Waals surface area (Å²) in [4.78, 5) is 19.2. The molecule has 0 radical (unpaired) electrons. The van der Waals surface area contributed by atoms with Gasteiger partial charge in [0.1, 0.15) is 35.4 Å². The van der Waals surface area contributed by atoms with Crippen LogP contribution < -0.4 is 10.2 Å². The maximum absolute atomic E-state index is 5.95. The van der Waals surface area contributed by atoms with Crippen LogP contribution in [0.15, 0.2) is 64.4 Å². The highest BCUT2D eigenvalue weighted by atomic mass is 16.6. The lowest BCUT2D eigenvalue weighted by Gasteiger charge is -2.20. The van der Waals surface area contributed by atoms with E-state index >= 15 is 0 Å². The van der Waals surface area contributed by atoms with Crippen molar-refractivity contribution in [1.82, 2.24) is 20.0 Å². The first-order valence-electron chi connectivity index (χ1n) is 9.22. The third kappa shape index (κ3) is 3.23. The highest BCUT2D eigenvalue weighted by molar-refractivity contribution is 5.97. The Labute approximate surface area is 166 Å². The lowest BCUT2D eigenvalue weighted by molar-refractivity contribution is 0.0581. The van der Waals surface area contributed by atoms with Crippen molar-refractivity contribution in [2.75, 3.05) is 13.7 Å². The van der Waals surface area contributed by atoms with Crippen molar-refractivity contribution in [2.45, 2.75) is 13.0 Å². The van der Waals surface area contributed by atoms with E-state index < -0.39 is 0 Å². The number of furan rings is 1. The number of para-hydroxylation sites is 1. The summed E-state index contributed by atoms with van der Waals surface area (Å²) in [6.07, 6.45) is 3.64. The maximum atomic E-state index is 5.95. The average molecular weight is 389 g/mol. The Balaban J connectivity index is 1.49. The normalized spacial score (nSPS) is 16.5. The fourth-order valence-electron chi connectivity index (χ4n) is 3.30. The standard InChI is InChI=1S/C21H19N5O3/c1-13-10-26(12-22-13)17-8-7-15(24-21(17)27-2)20-23-16(11-28-25-20)19-9-14-5-3-4-6-18(14)29-19/h3-10,12,16H,11H2,1-2H3,(H,23,25). The number of benzene rings is 1. The molecule has 1 aliphatic heterocycles. The van der Waals surface area contributed by atoms with Gasteiger partial charge in [0.25, 0.3) is 0 Å². The number of nitrogens with one attached hydrogen (secondary N) is 1. The molecule has 0 saturated carbocycles. The second kappa shape index (κ2) is 7.06. The van der Waals surface area contributed by atoms with Crippen molar-refractivity contribution >= 4 is 16.8 Å². The summed E-state index contributed by atoms with van der Waals surface area (Å²) in [5.74, 6) is 1.74. The van der Waals surface area contributed by atoms with E-state index in [4.69, 9.17) is 19.0 Å². The Kier molecular flexibility index (Phi) is 4.25. The minimum absolute atomic E-state index is 0.262. The molecule has 8 heteroatoms. The van der Waals surface area contributed by atoms with Gasteiger partial charge >= 0.3 is 0 Å². The van der Waals surface area contributed by atoms with Gasteiger partial charge < -0.3 is 13.7 Å². The number of nitrogens with zero attached hydrogens (tertiary/aromatic N) is 4. The van der Waals surface area contributed by atoms with Crippen molar-refractivity contribution in [3.05, 3.63) is 72.1 Å². The number of pyridine rings is 1. The van der Waals surface area contributed by atoms with Crippen LogP contribution >= 0.6 is 0 Å². The van der Waals surface area contributed by atoms with Gasteiger partial charge in [0.15, 0.2) is 5.84 Å². The fraction of sp³-hybridized carbons (Fsp3) is 0.190. The predicted molar refractivity (Wildman–Crippen MR) is 107 cm³/mol. The molecule has 1 unspecified atom stereocenters. The third-order valence-electron chi connectivity index (χ3n) is 4.73. The molecule has 1 N–H and O–H groups in total. The van der Waals surface area contributed by atoms with Crippen LogP contribution in [0.4, 0.5) is 0 Å². The van der Waals surface area contributed by atoms with Crippen molar-refractivity contribution in [3.8, 4) is 11.6 Å². The number of hydrogen-bond acceptors (Lipinski definition) is 7. The molecule has 3 aromatic heterocycles. The van der Waals surface area contributed by atoms with Gasteiger partial charge in [-0.2, -0.15) is 0 Å². The van der Waals surface area contributed by atoms with Gasteiger partial charge in [-0.1, -0.05) is 18.2 Å². The largest absolute Gasteiger partial charge is 0.479 e. The third-order valence-corrected chi connectivity index (χ3v) is 4.73. The molecule has 1 aromatic carbocycles. The molecule has 0 fully saturated rings. The van der Waals surface area contributed by atoms with Gasteiger partial charge in [-0.05, 0) is 31.2 Å². The smallest absolute Gasteiger partial charge is 0.238 e. The van der Waals surface area contributed by atoms with Crippen molar-refractivity contribution < 1.29 is 14.0 Å². The number of aryl methyl sites for hydroxylation is 1. The number of fused-ring (bicyclic) bond motifs is 1. The zero-order valence-electron chi connectivity index (χ0n) is 16.0. The first-order chi connectivity index (χ1) is 14.2. The van der Waals surface area contributed by atoms with Gasteiger partial charge in [0.05, 0.1) is 19.1 Å². The van der Waals surface area contributed by atoms with Gasteiger partial charge in [-0.3, -0.25) is 9.83 Å². The molecule has 0 amide bonds. The van der Waals surface area contributed by atoms with Crippen LogP contribution in [-0.2, 0) is 4.84 Å². The Morgan fingerprint density at radius 2 is 2.10 bits per heavy atom. The second-order valence-electron chi connectivity index (χ2n) is 6.74. The van der Waals surface area contributed by atoms with Crippen molar-refractivity contribution in [3.63, 3.8) is 0 Å². The summed E-state index contributed by atoms with van der Waals surface area (Å²) < 4.78 is 13.3. The molecular weight excluding hydrogens is 370 g/mol. The number of aliphatic imine (C=N–C) groups is 1. The number of hydrogen-bond donors (Lipinski definition) is 1. The topological polar surface area (TPSA) is 86.7 Å². The lowest BCUT2D eigenvalue weighted by Crippen LogP contribution is -2.33. The lowest BCUT2D eigenvalue weighted by atomic mass is 10.2. The number of rotatable bonds is 4. The number of hydroxylamine groups is 1. The van der Waals surface area contributed by atoms with Crippen LogP contribution in [0.5, 0.6) is 5.88 Å². The molecule has 0 bridgehead atoms. The molecule has 1 aliphatic rings. The average Bonchev–Trinajstić information content (AvgIpc) is 3.39. The van der Waals surface area contributed by atoms with E-state index in [0.29, 0.717) is 24.0 Å². The number of amidine groups is 1. The number of methoxy groups -OCH3 is 1. The molecule has 0 aliphatic carbocycles. The van der Waals surface area contributed by atoms with Crippen molar-refractivity contribution in [1.29, 1.82) is 0 Å². The first-order valence-corrected chi connectivity index (χ1v) is 9.22. The van der Waals surface area contributed by atoms with Crippen molar-refractivity contribution in [2.24, 2.45) is 4.99 Å². The molecule has 4 aromatic rings. The van der Waals surface area contributed by atoms with E-state index in [1.807, 2.05) is 60.2 Å². The minimum Gasteiger partial charge on any atom is -0.479 e. The zero-order chi connectivity index (χ0) is 19.8. The van der Waals surface area contributed by atoms with Crippen LogP contribution in [0.3, 0.4) is 0 Å². The predicted octanol–water partition coefficient (Wildman–Crippen LogP) is 3.35. The number of ether oxygens (including phenoxy) is 1. The molecular formula is C21H19N5O3. The SMILES string of the molecule is COc1nc(C2=NC(c3cc4ccccc4o3)CON2)ccc1-n1cnc(C)c1. The number of imidazole rings is 1. The highest BCUT2D eigenvalue weighted by Gasteiger charge is 2.23. The van der Waals surface area contributed by atoms with E-state index in [-0.39, 0.29) is 6.04 Å². The summed E-state index contributed by atoms with van der Waals surface area (Å²) >= 11 is 0. The van der Waals surface area contributed by atoms with Gasteiger partial charge in [-0.25, -0.2) is 15.4 Å². The van der Waals surface area contributed by atoms with Gasteiger partial charge in [0.2, 0.25) is 5.88 Å². The molecule has 0 spiro atoms. The number of aromatic nitrogens is 3. The van der Waals surface area contributed by atoms with Crippen LogP contribution in [0.1, 0.15) is 23.2 Å². The highest BCUT2D eigenvalue weighted by Crippen LogP contribution is 2.28. The zero-order valence-corrected chi connectivity index (χ0v) is 16.0. The second-order valence-corrected chi connectivity index (χ2v) is 6.74. The van der Waals surface area contributed by atoms with Gasteiger partial charge in [0, 0.05) is 11.6 Å². The summed E-state index contributed by atoms with van der Waals surface area (Å²) in [6.45, 7) is 2.30. The summed E-state index contributed by atoms with van der Waals surface area (Å²) in [6, 6.07) is 13.4.